The highest BCUT2D eigenvalue weighted by atomic mass is 19.1. The van der Waals surface area contributed by atoms with Gasteiger partial charge in [0.25, 0.3) is 0 Å². The quantitative estimate of drug-likeness (QED) is 0.802. The lowest BCUT2D eigenvalue weighted by atomic mass is 9.95. The molecule has 2 nitrogen and oxygen atoms in total. The Morgan fingerprint density at radius 1 is 1.40 bits per heavy atom. The number of anilines is 1. The van der Waals surface area contributed by atoms with Gasteiger partial charge in [-0.05, 0) is 24.6 Å². The molecular formula is C12H18FNO. The molecule has 0 radical (unpaired) electrons. The molecule has 0 aromatic heterocycles. The first-order chi connectivity index (χ1) is 6.94. The van der Waals surface area contributed by atoms with E-state index in [1.807, 2.05) is 19.9 Å². The fraction of sp³-hybridized carbons (Fsp3) is 0.500. The third-order valence-corrected chi connectivity index (χ3v) is 2.37. The summed E-state index contributed by atoms with van der Waals surface area (Å²) >= 11 is 0. The summed E-state index contributed by atoms with van der Waals surface area (Å²) < 4.78 is 13.2. The largest absolute Gasteiger partial charge is 0.396 e. The Hall–Kier alpha value is -1.09. The van der Waals surface area contributed by atoms with Crippen LogP contribution in [-0.2, 0) is 0 Å². The summed E-state index contributed by atoms with van der Waals surface area (Å²) in [7, 11) is 0. The molecule has 15 heavy (non-hydrogen) atoms. The van der Waals surface area contributed by atoms with Crippen molar-refractivity contribution in [1.29, 1.82) is 0 Å². The van der Waals surface area contributed by atoms with Crippen molar-refractivity contribution < 1.29 is 9.50 Å². The van der Waals surface area contributed by atoms with Gasteiger partial charge in [0.05, 0.1) is 0 Å². The second-order valence-corrected chi connectivity index (χ2v) is 4.64. The Kier molecular flexibility index (Phi) is 3.69. The highest BCUT2D eigenvalue weighted by Gasteiger charge is 2.15. The molecule has 1 aromatic carbocycles. The molecule has 2 N–H and O–H groups in total. The van der Waals surface area contributed by atoms with Crippen LogP contribution in [-0.4, -0.2) is 18.3 Å². The van der Waals surface area contributed by atoms with Gasteiger partial charge in [0.1, 0.15) is 5.82 Å². The predicted octanol–water partition coefficient (Wildman–Crippen LogP) is 2.56. The number of aliphatic hydroxyl groups excluding tert-OH is 1. The molecule has 0 saturated carbocycles. The molecule has 0 atom stereocenters. The molecule has 0 unspecified atom stereocenters. The summed E-state index contributed by atoms with van der Waals surface area (Å²) in [5, 5.41) is 12.2. The van der Waals surface area contributed by atoms with Gasteiger partial charge in [-0.15, -0.1) is 0 Å². The van der Waals surface area contributed by atoms with E-state index in [1.54, 1.807) is 13.0 Å². The first kappa shape index (κ1) is 12.0. The molecule has 0 aliphatic heterocycles. The van der Waals surface area contributed by atoms with Crippen molar-refractivity contribution in [3.05, 3.63) is 29.6 Å². The van der Waals surface area contributed by atoms with Gasteiger partial charge >= 0.3 is 0 Å². The summed E-state index contributed by atoms with van der Waals surface area (Å²) in [5.74, 6) is -0.207. The standard InChI is InChI=1S/C12H18FNO/c1-9-4-5-10(6-11(9)13)14-7-12(2,3)8-15/h4-6,14-15H,7-8H2,1-3H3. The highest BCUT2D eigenvalue weighted by molar-refractivity contribution is 5.45. The Morgan fingerprint density at radius 3 is 2.60 bits per heavy atom. The first-order valence-corrected chi connectivity index (χ1v) is 5.05. The zero-order valence-corrected chi connectivity index (χ0v) is 9.47. The lowest BCUT2D eigenvalue weighted by Crippen LogP contribution is -2.26. The maximum absolute atomic E-state index is 13.2. The van der Waals surface area contributed by atoms with E-state index in [0.29, 0.717) is 12.1 Å². The van der Waals surface area contributed by atoms with Crippen LogP contribution in [0, 0.1) is 18.2 Å². The normalized spacial score (nSPS) is 11.5. The van der Waals surface area contributed by atoms with Gasteiger partial charge in [0, 0.05) is 24.3 Å². The fourth-order valence-corrected chi connectivity index (χ4v) is 1.10. The number of rotatable bonds is 4. The van der Waals surface area contributed by atoms with Crippen LogP contribution >= 0.6 is 0 Å². The molecule has 3 heteroatoms. The molecule has 0 amide bonds. The summed E-state index contributed by atoms with van der Waals surface area (Å²) in [5.41, 5.74) is 1.20. The minimum atomic E-state index is -0.207. The Bertz CT molecular complexity index is 336. The smallest absolute Gasteiger partial charge is 0.128 e. The summed E-state index contributed by atoms with van der Waals surface area (Å²) in [6.07, 6.45) is 0. The van der Waals surface area contributed by atoms with E-state index in [2.05, 4.69) is 5.32 Å². The van der Waals surface area contributed by atoms with Crippen LogP contribution in [0.5, 0.6) is 0 Å². The van der Waals surface area contributed by atoms with E-state index < -0.39 is 0 Å². The lowest BCUT2D eigenvalue weighted by molar-refractivity contribution is 0.171. The topological polar surface area (TPSA) is 32.3 Å². The van der Waals surface area contributed by atoms with E-state index >= 15 is 0 Å². The fourth-order valence-electron chi connectivity index (χ4n) is 1.10. The molecule has 0 aliphatic rings. The average Bonchev–Trinajstić information content (AvgIpc) is 2.20. The molecular weight excluding hydrogens is 193 g/mol. The Morgan fingerprint density at radius 2 is 2.07 bits per heavy atom. The van der Waals surface area contributed by atoms with E-state index in [-0.39, 0.29) is 17.8 Å². The van der Waals surface area contributed by atoms with E-state index in [9.17, 15) is 4.39 Å². The highest BCUT2D eigenvalue weighted by Crippen LogP contribution is 2.17. The number of aliphatic hydroxyl groups is 1. The maximum Gasteiger partial charge on any atom is 0.128 e. The minimum Gasteiger partial charge on any atom is -0.396 e. The molecule has 0 saturated heterocycles. The van der Waals surface area contributed by atoms with Crippen LogP contribution in [0.2, 0.25) is 0 Å². The number of nitrogens with one attached hydrogen (secondary N) is 1. The third kappa shape index (κ3) is 3.51. The van der Waals surface area contributed by atoms with Crippen LogP contribution in [0.3, 0.4) is 0 Å². The van der Waals surface area contributed by atoms with Gasteiger partial charge in [-0.2, -0.15) is 0 Å². The van der Waals surface area contributed by atoms with Crippen molar-refractivity contribution in [3.63, 3.8) is 0 Å². The Labute approximate surface area is 90.1 Å². The zero-order valence-electron chi connectivity index (χ0n) is 9.47. The van der Waals surface area contributed by atoms with Crippen molar-refractivity contribution in [2.75, 3.05) is 18.5 Å². The zero-order chi connectivity index (χ0) is 11.5. The minimum absolute atomic E-state index is 0.105. The van der Waals surface area contributed by atoms with Crippen molar-refractivity contribution in [3.8, 4) is 0 Å². The SMILES string of the molecule is Cc1ccc(NCC(C)(C)CO)cc1F. The average molecular weight is 211 g/mol. The van der Waals surface area contributed by atoms with Crippen LogP contribution in [0.1, 0.15) is 19.4 Å². The first-order valence-electron chi connectivity index (χ1n) is 5.05. The van der Waals surface area contributed by atoms with Gasteiger partial charge in [-0.1, -0.05) is 19.9 Å². The predicted molar refractivity (Wildman–Crippen MR) is 60.5 cm³/mol. The van der Waals surface area contributed by atoms with Crippen LogP contribution in [0.15, 0.2) is 18.2 Å². The lowest BCUT2D eigenvalue weighted by Gasteiger charge is -2.22. The van der Waals surface area contributed by atoms with Crippen molar-refractivity contribution in [1.82, 2.24) is 0 Å². The van der Waals surface area contributed by atoms with E-state index in [1.165, 1.54) is 6.07 Å². The number of benzene rings is 1. The van der Waals surface area contributed by atoms with Gasteiger partial charge in [0.2, 0.25) is 0 Å². The van der Waals surface area contributed by atoms with Gasteiger partial charge in [0.15, 0.2) is 0 Å². The number of aryl methyl sites for hydroxylation is 1. The van der Waals surface area contributed by atoms with E-state index in [0.717, 1.165) is 5.69 Å². The number of hydrogen-bond donors (Lipinski definition) is 2. The van der Waals surface area contributed by atoms with Gasteiger partial charge < -0.3 is 10.4 Å². The van der Waals surface area contributed by atoms with Crippen molar-refractivity contribution in [2.45, 2.75) is 20.8 Å². The molecule has 0 aliphatic carbocycles. The van der Waals surface area contributed by atoms with Crippen molar-refractivity contribution in [2.24, 2.45) is 5.41 Å². The molecule has 84 valence electrons. The molecule has 0 bridgehead atoms. The summed E-state index contributed by atoms with van der Waals surface area (Å²) in [6, 6.07) is 5.05. The van der Waals surface area contributed by atoms with Crippen molar-refractivity contribution >= 4 is 5.69 Å². The third-order valence-electron chi connectivity index (χ3n) is 2.37. The molecule has 0 fully saturated rings. The molecule has 0 heterocycles. The Balaban J connectivity index is 2.62. The van der Waals surface area contributed by atoms with Crippen LogP contribution < -0.4 is 5.32 Å². The molecule has 0 spiro atoms. The van der Waals surface area contributed by atoms with Crippen LogP contribution in [0.4, 0.5) is 10.1 Å². The summed E-state index contributed by atoms with van der Waals surface area (Å²) in [4.78, 5) is 0. The molecule has 1 rings (SSSR count). The second-order valence-electron chi connectivity index (χ2n) is 4.64. The number of halogens is 1. The monoisotopic (exact) mass is 211 g/mol. The summed E-state index contributed by atoms with van der Waals surface area (Å²) in [6.45, 7) is 6.35. The van der Waals surface area contributed by atoms with Crippen LogP contribution in [0.25, 0.3) is 0 Å². The second kappa shape index (κ2) is 4.62. The number of hydrogen-bond acceptors (Lipinski definition) is 2. The van der Waals surface area contributed by atoms with Gasteiger partial charge in [-0.3, -0.25) is 0 Å². The van der Waals surface area contributed by atoms with Gasteiger partial charge in [-0.25, -0.2) is 4.39 Å². The van der Waals surface area contributed by atoms with E-state index in [4.69, 9.17) is 5.11 Å². The molecule has 1 aromatic rings. The maximum atomic E-state index is 13.2.